The van der Waals surface area contributed by atoms with Crippen LogP contribution >= 0.6 is 0 Å². The predicted octanol–water partition coefficient (Wildman–Crippen LogP) is -0.0299. The fourth-order valence-electron chi connectivity index (χ4n) is 1.76. The standard InChI is InChI=1S/C9H13N3O2/c1-7(13)6-12-9(14)11-5-3-2-4-8(11)10-12/h2-6H2,1H3. The number of Topliss-reactive ketones (excluding diaryl/α,β-unsaturated/α-hetero) is 1. The summed E-state index contributed by atoms with van der Waals surface area (Å²) in [5.74, 6) is 0.782. The number of hydrogen-bond acceptors (Lipinski definition) is 3. The summed E-state index contributed by atoms with van der Waals surface area (Å²) in [7, 11) is 0. The Kier molecular flexibility index (Phi) is 2.23. The molecule has 5 heteroatoms. The second-order valence-electron chi connectivity index (χ2n) is 3.67. The van der Waals surface area contributed by atoms with Gasteiger partial charge in [0, 0.05) is 13.0 Å². The van der Waals surface area contributed by atoms with E-state index < -0.39 is 0 Å². The summed E-state index contributed by atoms with van der Waals surface area (Å²) in [6.07, 6.45) is 2.95. The van der Waals surface area contributed by atoms with Crippen molar-refractivity contribution in [2.75, 3.05) is 0 Å². The molecule has 1 aromatic heterocycles. The molecule has 0 N–H and O–H groups in total. The molecule has 5 nitrogen and oxygen atoms in total. The molecule has 0 aromatic carbocycles. The first kappa shape index (κ1) is 9.18. The van der Waals surface area contributed by atoms with Gasteiger partial charge in [-0.3, -0.25) is 9.36 Å². The van der Waals surface area contributed by atoms with Crippen LogP contribution in [-0.4, -0.2) is 20.1 Å². The summed E-state index contributed by atoms with van der Waals surface area (Å²) >= 11 is 0. The summed E-state index contributed by atoms with van der Waals surface area (Å²) in [6, 6.07) is 0. The molecule has 76 valence electrons. The monoisotopic (exact) mass is 195 g/mol. The molecule has 2 heterocycles. The first-order valence-corrected chi connectivity index (χ1v) is 4.84. The highest BCUT2D eigenvalue weighted by Gasteiger charge is 2.16. The second-order valence-corrected chi connectivity index (χ2v) is 3.67. The SMILES string of the molecule is CC(=O)Cn1nc2n(c1=O)CCCC2. The Morgan fingerprint density at radius 1 is 1.50 bits per heavy atom. The van der Waals surface area contributed by atoms with Gasteiger partial charge in [0.15, 0.2) is 5.78 Å². The molecular weight excluding hydrogens is 182 g/mol. The van der Waals surface area contributed by atoms with E-state index in [-0.39, 0.29) is 18.0 Å². The van der Waals surface area contributed by atoms with Crippen LogP contribution < -0.4 is 5.69 Å². The fourth-order valence-corrected chi connectivity index (χ4v) is 1.76. The maximum Gasteiger partial charge on any atom is 0.346 e. The van der Waals surface area contributed by atoms with Crippen molar-refractivity contribution in [3.05, 3.63) is 16.3 Å². The molecule has 0 bridgehead atoms. The lowest BCUT2D eigenvalue weighted by Gasteiger charge is -2.09. The highest BCUT2D eigenvalue weighted by Crippen LogP contribution is 2.08. The Hall–Kier alpha value is -1.39. The lowest BCUT2D eigenvalue weighted by molar-refractivity contribution is -0.117. The average Bonchev–Trinajstić information content (AvgIpc) is 2.44. The van der Waals surface area contributed by atoms with Gasteiger partial charge in [0.1, 0.15) is 12.4 Å². The van der Waals surface area contributed by atoms with E-state index in [1.165, 1.54) is 11.6 Å². The topological polar surface area (TPSA) is 56.9 Å². The van der Waals surface area contributed by atoms with E-state index in [9.17, 15) is 9.59 Å². The number of nitrogens with zero attached hydrogens (tertiary/aromatic N) is 3. The lowest BCUT2D eigenvalue weighted by Crippen LogP contribution is -2.28. The van der Waals surface area contributed by atoms with E-state index >= 15 is 0 Å². The van der Waals surface area contributed by atoms with Gasteiger partial charge < -0.3 is 0 Å². The number of hydrogen-bond donors (Lipinski definition) is 0. The van der Waals surface area contributed by atoms with Gasteiger partial charge in [-0.2, -0.15) is 5.10 Å². The van der Waals surface area contributed by atoms with Gasteiger partial charge in [0.25, 0.3) is 0 Å². The van der Waals surface area contributed by atoms with Gasteiger partial charge >= 0.3 is 5.69 Å². The number of carbonyl (C=O) groups is 1. The molecule has 0 atom stereocenters. The van der Waals surface area contributed by atoms with E-state index in [0.29, 0.717) is 0 Å². The molecule has 1 aliphatic heterocycles. The van der Waals surface area contributed by atoms with Gasteiger partial charge in [-0.05, 0) is 19.8 Å². The zero-order chi connectivity index (χ0) is 10.1. The Morgan fingerprint density at radius 3 is 2.93 bits per heavy atom. The van der Waals surface area contributed by atoms with Gasteiger partial charge in [-0.1, -0.05) is 0 Å². The van der Waals surface area contributed by atoms with Crippen molar-refractivity contribution in [3.63, 3.8) is 0 Å². The molecular formula is C9H13N3O2. The van der Waals surface area contributed by atoms with Crippen molar-refractivity contribution in [3.8, 4) is 0 Å². The maximum atomic E-state index is 11.7. The Bertz CT molecular complexity index is 416. The van der Waals surface area contributed by atoms with Gasteiger partial charge in [-0.15, -0.1) is 0 Å². The third-order valence-electron chi connectivity index (χ3n) is 2.40. The molecule has 2 rings (SSSR count). The quantitative estimate of drug-likeness (QED) is 0.666. The van der Waals surface area contributed by atoms with E-state index in [1.54, 1.807) is 4.57 Å². The van der Waals surface area contributed by atoms with Crippen LogP contribution in [0.1, 0.15) is 25.6 Å². The summed E-state index contributed by atoms with van der Waals surface area (Å²) in [6.45, 7) is 2.30. The van der Waals surface area contributed by atoms with E-state index in [1.807, 2.05) is 0 Å². The zero-order valence-electron chi connectivity index (χ0n) is 8.19. The zero-order valence-corrected chi connectivity index (χ0v) is 8.19. The number of rotatable bonds is 2. The molecule has 0 saturated carbocycles. The number of carbonyl (C=O) groups excluding carboxylic acids is 1. The summed E-state index contributed by atoms with van der Waals surface area (Å²) in [5.41, 5.74) is -0.144. The third kappa shape index (κ3) is 1.49. The minimum Gasteiger partial charge on any atom is -0.298 e. The largest absolute Gasteiger partial charge is 0.346 e. The lowest BCUT2D eigenvalue weighted by atomic mass is 10.2. The van der Waals surface area contributed by atoms with Crippen LogP contribution in [0.25, 0.3) is 0 Å². The molecule has 0 fully saturated rings. The predicted molar refractivity (Wildman–Crippen MR) is 50.1 cm³/mol. The Morgan fingerprint density at radius 2 is 2.29 bits per heavy atom. The molecule has 0 saturated heterocycles. The van der Waals surface area contributed by atoms with Crippen LogP contribution in [0.4, 0.5) is 0 Å². The van der Waals surface area contributed by atoms with Crippen LogP contribution in [-0.2, 0) is 24.3 Å². The van der Waals surface area contributed by atoms with Crippen molar-refractivity contribution in [2.24, 2.45) is 0 Å². The highest BCUT2D eigenvalue weighted by molar-refractivity contribution is 5.75. The summed E-state index contributed by atoms with van der Waals surface area (Å²) in [5, 5.41) is 4.14. The number of fused-ring (bicyclic) bond motifs is 1. The molecule has 0 spiro atoms. The number of ketones is 1. The summed E-state index contributed by atoms with van der Waals surface area (Å²) < 4.78 is 2.94. The van der Waals surface area contributed by atoms with Crippen molar-refractivity contribution in [1.29, 1.82) is 0 Å². The smallest absolute Gasteiger partial charge is 0.298 e. The van der Waals surface area contributed by atoms with Crippen LogP contribution in [0.5, 0.6) is 0 Å². The Balaban J connectivity index is 2.38. The van der Waals surface area contributed by atoms with Crippen LogP contribution in [0.2, 0.25) is 0 Å². The maximum absolute atomic E-state index is 11.7. The van der Waals surface area contributed by atoms with Crippen molar-refractivity contribution in [1.82, 2.24) is 14.3 Å². The molecule has 1 aliphatic rings. The van der Waals surface area contributed by atoms with E-state index in [0.717, 1.165) is 31.6 Å². The number of aryl methyl sites for hydroxylation is 1. The molecule has 0 amide bonds. The second kappa shape index (κ2) is 3.40. The minimum atomic E-state index is -0.144. The highest BCUT2D eigenvalue weighted by atomic mass is 16.2. The first-order chi connectivity index (χ1) is 6.68. The van der Waals surface area contributed by atoms with Gasteiger partial charge in [-0.25, -0.2) is 9.48 Å². The van der Waals surface area contributed by atoms with E-state index in [2.05, 4.69) is 5.10 Å². The van der Waals surface area contributed by atoms with Crippen LogP contribution in [0.15, 0.2) is 4.79 Å². The van der Waals surface area contributed by atoms with Crippen LogP contribution in [0.3, 0.4) is 0 Å². The number of aromatic nitrogens is 3. The molecule has 0 radical (unpaired) electrons. The normalized spacial score (nSPS) is 15.2. The molecule has 1 aromatic rings. The van der Waals surface area contributed by atoms with Crippen molar-refractivity contribution < 1.29 is 4.79 Å². The van der Waals surface area contributed by atoms with Gasteiger partial charge in [0.05, 0.1) is 0 Å². The van der Waals surface area contributed by atoms with Crippen molar-refractivity contribution in [2.45, 2.75) is 39.3 Å². The average molecular weight is 195 g/mol. The van der Waals surface area contributed by atoms with E-state index in [4.69, 9.17) is 0 Å². The van der Waals surface area contributed by atoms with Crippen LogP contribution in [0, 0.1) is 0 Å². The first-order valence-electron chi connectivity index (χ1n) is 4.84. The molecule has 0 aliphatic carbocycles. The van der Waals surface area contributed by atoms with Gasteiger partial charge in [0.2, 0.25) is 0 Å². The minimum absolute atomic E-state index is 0.0393. The summed E-state index contributed by atoms with van der Waals surface area (Å²) in [4.78, 5) is 22.5. The Labute approximate surface area is 81.3 Å². The van der Waals surface area contributed by atoms with Crippen molar-refractivity contribution >= 4 is 5.78 Å². The third-order valence-corrected chi connectivity index (χ3v) is 2.40. The fraction of sp³-hybridized carbons (Fsp3) is 0.667. The molecule has 14 heavy (non-hydrogen) atoms. The molecule has 0 unspecified atom stereocenters.